The molecule has 0 heterocycles. The van der Waals surface area contributed by atoms with Gasteiger partial charge in [-0.05, 0) is 73.2 Å². The number of anilines is 1. The maximum absolute atomic E-state index is 12.6. The number of ether oxygens (including phenoxy) is 2. The lowest BCUT2D eigenvalue weighted by Gasteiger charge is -2.10. The molecule has 0 spiro atoms. The molecule has 7 nitrogen and oxygen atoms in total. The van der Waals surface area contributed by atoms with Crippen LogP contribution < -0.4 is 19.5 Å². The van der Waals surface area contributed by atoms with Crippen molar-refractivity contribution in [2.24, 2.45) is 0 Å². The van der Waals surface area contributed by atoms with Gasteiger partial charge in [-0.25, -0.2) is 8.42 Å². The number of alkyl halides is 2. The molecule has 174 valence electrons. The minimum absolute atomic E-state index is 0.0309. The molecule has 0 saturated carbocycles. The molecule has 0 saturated heterocycles. The molecule has 33 heavy (non-hydrogen) atoms. The third kappa shape index (κ3) is 6.91. The van der Waals surface area contributed by atoms with Gasteiger partial charge < -0.3 is 14.8 Å². The van der Waals surface area contributed by atoms with Gasteiger partial charge in [0, 0.05) is 17.8 Å². The van der Waals surface area contributed by atoms with Gasteiger partial charge in [0.1, 0.15) is 11.5 Å². The summed E-state index contributed by atoms with van der Waals surface area (Å²) in [5.74, 6) is 0.233. The molecule has 0 aliphatic heterocycles. The van der Waals surface area contributed by atoms with Gasteiger partial charge in [-0.2, -0.15) is 8.78 Å². The summed E-state index contributed by atoms with van der Waals surface area (Å²) in [6.07, 6.45) is 0. The highest BCUT2D eigenvalue weighted by atomic mass is 32.2. The summed E-state index contributed by atoms with van der Waals surface area (Å²) in [6.45, 7) is -0.405. The SMILES string of the molecule is CCOc1ccc(S(=O)(=O)Nc2ccc(C(=O)NCc3ccc(OC(F)F)cc3)cc2)cc1. The van der Waals surface area contributed by atoms with Crippen molar-refractivity contribution in [1.29, 1.82) is 0 Å². The zero-order chi connectivity index (χ0) is 23.8. The average Bonchev–Trinajstić information content (AvgIpc) is 2.79. The van der Waals surface area contributed by atoms with Gasteiger partial charge in [-0.1, -0.05) is 12.1 Å². The Bertz CT molecular complexity index is 1170. The van der Waals surface area contributed by atoms with Crippen LogP contribution in [0.1, 0.15) is 22.8 Å². The Morgan fingerprint density at radius 3 is 2.09 bits per heavy atom. The van der Waals surface area contributed by atoms with Crippen molar-refractivity contribution < 1.29 is 31.5 Å². The monoisotopic (exact) mass is 476 g/mol. The molecule has 0 aliphatic carbocycles. The molecular formula is C23H22F2N2O5S. The van der Waals surface area contributed by atoms with E-state index in [1.807, 2.05) is 6.92 Å². The van der Waals surface area contributed by atoms with Crippen LogP contribution >= 0.6 is 0 Å². The van der Waals surface area contributed by atoms with E-state index in [0.29, 0.717) is 29.2 Å². The van der Waals surface area contributed by atoms with Crippen molar-refractivity contribution in [3.05, 3.63) is 83.9 Å². The van der Waals surface area contributed by atoms with Gasteiger partial charge in [0.25, 0.3) is 15.9 Å². The van der Waals surface area contributed by atoms with Crippen molar-refractivity contribution in [2.45, 2.75) is 25.0 Å². The zero-order valence-electron chi connectivity index (χ0n) is 17.6. The van der Waals surface area contributed by atoms with Gasteiger partial charge in [-0.15, -0.1) is 0 Å². The number of halogens is 2. The second-order valence-electron chi connectivity index (χ2n) is 6.79. The number of carbonyl (C=O) groups is 1. The first-order chi connectivity index (χ1) is 15.8. The number of hydrogen-bond donors (Lipinski definition) is 2. The van der Waals surface area contributed by atoms with Crippen LogP contribution in [0, 0.1) is 0 Å². The third-order valence-electron chi connectivity index (χ3n) is 4.45. The van der Waals surface area contributed by atoms with Crippen LogP contribution in [-0.2, 0) is 16.6 Å². The summed E-state index contributed by atoms with van der Waals surface area (Å²) in [4.78, 5) is 12.4. The summed E-state index contributed by atoms with van der Waals surface area (Å²) < 4.78 is 61.5. The van der Waals surface area contributed by atoms with E-state index in [9.17, 15) is 22.0 Å². The largest absolute Gasteiger partial charge is 0.494 e. The predicted octanol–water partition coefficient (Wildman–Crippen LogP) is 4.42. The van der Waals surface area contributed by atoms with Crippen LogP contribution in [0.15, 0.2) is 77.7 Å². The highest BCUT2D eigenvalue weighted by molar-refractivity contribution is 7.92. The van der Waals surface area contributed by atoms with E-state index in [2.05, 4.69) is 14.8 Å². The lowest BCUT2D eigenvalue weighted by Crippen LogP contribution is -2.22. The Hall–Kier alpha value is -3.66. The Morgan fingerprint density at radius 1 is 0.909 bits per heavy atom. The lowest BCUT2D eigenvalue weighted by atomic mass is 10.2. The number of sulfonamides is 1. The van der Waals surface area contributed by atoms with E-state index in [1.165, 1.54) is 48.5 Å². The van der Waals surface area contributed by atoms with E-state index >= 15 is 0 Å². The molecule has 0 aliphatic rings. The van der Waals surface area contributed by atoms with Gasteiger partial charge in [-0.3, -0.25) is 9.52 Å². The normalized spacial score (nSPS) is 11.2. The molecule has 1 amide bonds. The fourth-order valence-electron chi connectivity index (χ4n) is 2.86. The fourth-order valence-corrected chi connectivity index (χ4v) is 3.92. The van der Waals surface area contributed by atoms with Gasteiger partial charge in [0.15, 0.2) is 0 Å². The van der Waals surface area contributed by atoms with E-state index in [4.69, 9.17) is 4.74 Å². The maximum atomic E-state index is 12.6. The maximum Gasteiger partial charge on any atom is 0.387 e. The first kappa shape index (κ1) is 24.0. The summed E-state index contributed by atoms with van der Waals surface area (Å²) in [7, 11) is -3.80. The van der Waals surface area contributed by atoms with Crippen LogP contribution in [0.25, 0.3) is 0 Å². The van der Waals surface area contributed by atoms with E-state index < -0.39 is 16.6 Å². The molecule has 2 N–H and O–H groups in total. The Labute approximate surface area is 190 Å². The lowest BCUT2D eigenvalue weighted by molar-refractivity contribution is -0.0498. The van der Waals surface area contributed by atoms with Crippen LogP contribution in [0.4, 0.5) is 14.5 Å². The Balaban J connectivity index is 1.57. The number of benzene rings is 3. The molecule has 3 aromatic carbocycles. The number of carbonyl (C=O) groups excluding carboxylic acids is 1. The Kier molecular flexibility index (Phi) is 7.83. The number of rotatable bonds is 10. The highest BCUT2D eigenvalue weighted by Gasteiger charge is 2.15. The molecule has 0 fully saturated rings. The first-order valence-electron chi connectivity index (χ1n) is 9.94. The fraction of sp³-hybridized carbons (Fsp3) is 0.174. The second kappa shape index (κ2) is 10.8. The molecule has 0 atom stereocenters. The first-order valence-corrected chi connectivity index (χ1v) is 11.4. The summed E-state index contributed by atoms with van der Waals surface area (Å²) in [5.41, 5.74) is 1.33. The van der Waals surface area contributed by atoms with Crippen molar-refractivity contribution >= 4 is 21.6 Å². The molecule has 3 rings (SSSR count). The van der Waals surface area contributed by atoms with E-state index in [-0.39, 0.29) is 23.1 Å². The van der Waals surface area contributed by atoms with Crippen molar-refractivity contribution in [3.8, 4) is 11.5 Å². The van der Waals surface area contributed by atoms with Gasteiger partial charge >= 0.3 is 6.61 Å². The van der Waals surface area contributed by atoms with E-state index in [0.717, 1.165) is 0 Å². The number of amides is 1. The molecular weight excluding hydrogens is 454 g/mol. The second-order valence-corrected chi connectivity index (χ2v) is 8.47. The number of hydrogen-bond acceptors (Lipinski definition) is 5. The smallest absolute Gasteiger partial charge is 0.387 e. The molecule has 3 aromatic rings. The van der Waals surface area contributed by atoms with Gasteiger partial charge in [0.2, 0.25) is 0 Å². The molecule has 0 unspecified atom stereocenters. The minimum atomic E-state index is -3.80. The summed E-state index contributed by atoms with van der Waals surface area (Å²) in [5, 5.41) is 2.71. The topological polar surface area (TPSA) is 93.7 Å². The van der Waals surface area contributed by atoms with Crippen molar-refractivity contribution in [3.63, 3.8) is 0 Å². The van der Waals surface area contributed by atoms with Crippen molar-refractivity contribution in [2.75, 3.05) is 11.3 Å². The summed E-state index contributed by atoms with van der Waals surface area (Å²) in [6, 6.07) is 17.9. The summed E-state index contributed by atoms with van der Waals surface area (Å²) >= 11 is 0. The van der Waals surface area contributed by atoms with E-state index in [1.54, 1.807) is 24.3 Å². The predicted molar refractivity (Wildman–Crippen MR) is 119 cm³/mol. The average molecular weight is 477 g/mol. The molecule has 0 aromatic heterocycles. The minimum Gasteiger partial charge on any atom is -0.494 e. The molecule has 10 heteroatoms. The molecule has 0 radical (unpaired) electrons. The third-order valence-corrected chi connectivity index (χ3v) is 5.84. The van der Waals surface area contributed by atoms with Crippen LogP contribution in [0.2, 0.25) is 0 Å². The van der Waals surface area contributed by atoms with Crippen molar-refractivity contribution in [1.82, 2.24) is 5.32 Å². The quantitative estimate of drug-likeness (QED) is 0.452. The standard InChI is InChI=1S/C23H22F2N2O5S/c1-2-31-19-11-13-21(14-12-19)33(29,30)27-18-7-5-17(6-8-18)22(28)26-15-16-3-9-20(10-4-16)32-23(24)25/h3-14,23,27H,2,15H2,1H3,(H,26,28). The number of nitrogens with one attached hydrogen (secondary N) is 2. The molecule has 0 bridgehead atoms. The van der Waals surface area contributed by atoms with Crippen LogP contribution in [0.5, 0.6) is 11.5 Å². The highest BCUT2D eigenvalue weighted by Crippen LogP contribution is 2.20. The van der Waals surface area contributed by atoms with Crippen LogP contribution in [0.3, 0.4) is 0 Å². The zero-order valence-corrected chi connectivity index (χ0v) is 18.4. The van der Waals surface area contributed by atoms with Crippen LogP contribution in [-0.4, -0.2) is 27.5 Å². The van der Waals surface area contributed by atoms with Gasteiger partial charge in [0.05, 0.1) is 11.5 Å². The Morgan fingerprint density at radius 2 is 1.52 bits per heavy atom.